The molecule has 26 heavy (non-hydrogen) atoms. The van der Waals surface area contributed by atoms with E-state index in [4.69, 9.17) is 4.74 Å². The van der Waals surface area contributed by atoms with Crippen molar-refractivity contribution in [1.82, 2.24) is 10.2 Å². The standard InChI is InChI=1S/C20H26N2O4/c1-20(2,9-10-21-19(25)14-6-4-3-5-7-14)12-17(24)22-11-8-16-18(22)15(23)13-26-16/h3-7,16,18H,8-13H2,1-2H3,(H,21,25). The number of likely N-dealkylation sites (tertiary alicyclic amines) is 1. The third-order valence-electron chi connectivity index (χ3n) is 5.19. The molecule has 2 aliphatic rings. The summed E-state index contributed by atoms with van der Waals surface area (Å²) in [6.07, 6.45) is 1.64. The van der Waals surface area contributed by atoms with Gasteiger partial charge in [-0.05, 0) is 30.4 Å². The Kier molecular flexibility index (Phi) is 5.41. The van der Waals surface area contributed by atoms with Crippen LogP contribution in [-0.4, -0.2) is 54.3 Å². The van der Waals surface area contributed by atoms with Gasteiger partial charge in [0.1, 0.15) is 12.6 Å². The van der Waals surface area contributed by atoms with Gasteiger partial charge in [0, 0.05) is 25.1 Å². The van der Waals surface area contributed by atoms with Gasteiger partial charge in [-0.15, -0.1) is 0 Å². The van der Waals surface area contributed by atoms with E-state index in [1.165, 1.54) is 0 Å². The van der Waals surface area contributed by atoms with Crippen molar-refractivity contribution in [3.05, 3.63) is 35.9 Å². The van der Waals surface area contributed by atoms with E-state index in [0.29, 0.717) is 31.5 Å². The van der Waals surface area contributed by atoms with E-state index in [9.17, 15) is 14.4 Å². The lowest BCUT2D eigenvalue weighted by Gasteiger charge is -2.29. The number of ketones is 1. The molecule has 0 saturated carbocycles. The van der Waals surface area contributed by atoms with Crippen LogP contribution in [0.1, 0.15) is 43.5 Å². The Morgan fingerprint density at radius 3 is 2.73 bits per heavy atom. The molecular weight excluding hydrogens is 332 g/mol. The molecule has 2 amide bonds. The van der Waals surface area contributed by atoms with Crippen molar-refractivity contribution >= 4 is 17.6 Å². The van der Waals surface area contributed by atoms with Crippen molar-refractivity contribution in [2.75, 3.05) is 19.7 Å². The minimum atomic E-state index is -0.393. The number of Topliss-reactive ketones (excluding diaryl/α,β-unsaturated/α-hetero) is 1. The molecule has 2 atom stereocenters. The molecule has 140 valence electrons. The molecule has 2 heterocycles. The largest absolute Gasteiger partial charge is 0.368 e. The maximum Gasteiger partial charge on any atom is 0.251 e. The summed E-state index contributed by atoms with van der Waals surface area (Å²) in [5.74, 6) is -0.103. The number of carbonyl (C=O) groups excluding carboxylic acids is 3. The molecule has 6 nitrogen and oxygen atoms in total. The topological polar surface area (TPSA) is 75.7 Å². The van der Waals surface area contributed by atoms with Crippen molar-refractivity contribution in [3.63, 3.8) is 0 Å². The van der Waals surface area contributed by atoms with Crippen molar-refractivity contribution in [2.45, 2.75) is 45.3 Å². The third-order valence-corrected chi connectivity index (χ3v) is 5.19. The van der Waals surface area contributed by atoms with E-state index >= 15 is 0 Å². The van der Waals surface area contributed by atoms with E-state index < -0.39 is 6.04 Å². The van der Waals surface area contributed by atoms with E-state index in [2.05, 4.69) is 5.32 Å². The molecule has 3 rings (SSSR count). The molecule has 1 aromatic carbocycles. The Morgan fingerprint density at radius 2 is 2.00 bits per heavy atom. The predicted molar refractivity (Wildman–Crippen MR) is 96.7 cm³/mol. The van der Waals surface area contributed by atoms with Gasteiger partial charge in [-0.3, -0.25) is 14.4 Å². The zero-order valence-corrected chi connectivity index (χ0v) is 15.4. The van der Waals surface area contributed by atoms with Gasteiger partial charge < -0.3 is 15.0 Å². The Labute approximate surface area is 153 Å². The highest BCUT2D eigenvalue weighted by Gasteiger charge is 2.47. The van der Waals surface area contributed by atoms with E-state index in [1.807, 2.05) is 32.0 Å². The Balaban J connectivity index is 1.48. The smallest absolute Gasteiger partial charge is 0.251 e. The Bertz CT molecular complexity index is 686. The van der Waals surface area contributed by atoms with Crippen molar-refractivity contribution in [1.29, 1.82) is 0 Å². The number of hydrogen-bond acceptors (Lipinski definition) is 4. The summed E-state index contributed by atoms with van der Waals surface area (Å²) < 4.78 is 5.44. The lowest BCUT2D eigenvalue weighted by Crippen LogP contribution is -2.43. The summed E-state index contributed by atoms with van der Waals surface area (Å²) in [5.41, 5.74) is 0.367. The monoisotopic (exact) mass is 358 g/mol. The normalized spacial score (nSPS) is 22.4. The first-order valence-electron chi connectivity index (χ1n) is 9.14. The predicted octanol–water partition coefficient (Wildman–Crippen LogP) is 1.79. The number of benzene rings is 1. The van der Waals surface area contributed by atoms with Crippen LogP contribution in [0.15, 0.2) is 30.3 Å². The molecule has 0 aliphatic carbocycles. The van der Waals surface area contributed by atoms with Crippen LogP contribution >= 0.6 is 0 Å². The van der Waals surface area contributed by atoms with Crippen LogP contribution in [0.2, 0.25) is 0 Å². The first-order chi connectivity index (χ1) is 12.4. The van der Waals surface area contributed by atoms with Gasteiger partial charge in [-0.2, -0.15) is 0 Å². The molecule has 2 fully saturated rings. The summed E-state index contributed by atoms with van der Waals surface area (Å²) in [6.45, 7) is 5.23. The van der Waals surface area contributed by atoms with Crippen LogP contribution in [0, 0.1) is 5.41 Å². The first-order valence-corrected chi connectivity index (χ1v) is 9.14. The highest BCUT2D eigenvalue weighted by atomic mass is 16.5. The van der Waals surface area contributed by atoms with Crippen molar-refractivity contribution < 1.29 is 19.1 Å². The average Bonchev–Trinajstić information content (AvgIpc) is 3.18. The van der Waals surface area contributed by atoms with Gasteiger partial charge >= 0.3 is 0 Å². The van der Waals surface area contributed by atoms with Crippen LogP contribution < -0.4 is 5.32 Å². The number of hydrogen-bond donors (Lipinski definition) is 1. The molecule has 2 saturated heterocycles. The molecule has 2 aliphatic heterocycles. The quantitative estimate of drug-likeness (QED) is 0.841. The number of nitrogens with zero attached hydrogens (tertiary/aromatic N) is 1. The summed E-state index contributed by atoms with van der Waals surface area (Å²) >= 11 is 0. The van der Waals surface area contributed by atoms with E-state index in [0.717, 1.165) is 6.42 Å². The SMILES string of the molecule is CC(C)(CCNC(=O)c1ccccc1)CC(=O)N1CCC2OCC(=O)C21. The van der Waals surface area contributed by atoms with Gasteiger partial charge in [0.25, 0.3) is 5.91 Å². The number of ether oxygens (including phenoxy) is 1. The highest BCUT2D eigenvalue weighted by Crippen LogP contribution is 2.31. The zero-order valence-electron chi connectivity index (χ0n) is 15.4. The number of nitrogens with one attached hydrogen (secondary N) is 1. The van der Waals surface area contributed by atoms with Gasteiger partial charge in [-0.25, -0.2) is 0 Å². The van der Waals surface area contributed by atoms with Crippen LogP contribution in [0.4, 0.5) is 0 Å². The van der Waals surface area contributed by atoms with E-state index in [1.54, 1.807) is 17.0 Å². The maximum atomic E-state index is 12.7. The molecular formula is C20H26N2O4. The summed E-state index contributed by atoms with van der Waals surface area (Å²) in [4.78, 5) is 38.4. The molecule has 0 spiro atoms. The number of carbonyl (C=O) groups is 3. The number of amides is 2. The maximum absolute atomic E-state index is 12.7. The zero-order chi connectivity index (χ0) is 18.7. The van der Waals surface area contributed by atoms with Gasteiger partial charge in [0.05, 0.1) is 6.10 Å². The van der Waals surface area contributed by atoms with Gasteiger partial charge in [-0.1, -0.05) is 32.0 Å². The molecule has 0 aromatic heterocycles. The number of rotatable bonds is 6. The fraction of sp³-hybridized carbons (Fsp3) is 0.550. The lowest BCUT2D eigenvalue weighted by molar-refractivity contribution is -0.138. The van der Waals surface area contributed by atoms with Crippen LogP contribution in [0.5, 0.6) is 0 Å². The fourth-order valence-electron chi connectivity index (χ4n) is 3.68. The van der Waals surface area contributed by atoms with Gasteiger partial charge in [0.2, 0.25) is 5.91 Å². The summed E-state index contributed by atoms with van der Waals surface area (Å²) in [7, 11) is 0. The summed E-state index contributed by atoms with van der Waals surface area (Å²) in [6, 6.07) is 8.68. The van der Waals surface area contributed by atoms with Crippen LogP contribution in [0.25, 0.3) is 0 Å². The second-order valence-electron chi connectivity index (χ2n) is 7.85. The Morgan fingerprint density at radius 1 is 1.27 bits per heavy atom. The van der Waals surface area contributed by atoms with Crippen LogP contribution in [-0.2, 0) is 14.3 Å². The molecule has 0 bridgehead atoms. The molecule has 0 radical (unpaired) electrons. The summed E-state index contributed by atoms with van der Waals surface area (Å²) in [5, 5.41) is 2.90. The minimum Gasteiger partial charge on any atom is -0.368 e. The number of fused-ring (bicyclic) bond motifs is 1. The minimum absolute atomic E-state index is 0.00395. The fourth-order valence-corrected chi connectivity index (χ4v) is 3.68. The lowest BCUT2D eigenvalue weighted by atomic mass is 9.85. The second-order valence-corrected chi connectivity index (χ2v) is 7.85. The second kappa shape index (κ2) is 7.58. The molecule has 1 N–H and O–H groups in total. The molecule has 2 unspecified atom stereocenters. The average molecular weight is 358 g/mol. The van der Waals surface area contributed by atoms with Gasteiger partial charge in [0.15, 0.2) is 5.78 Å². The molecule has 6 heteroatoms. The Hall–Kier alpha value is -2.21. The van der Waals surface area contributed by atoms with E-state index in [-0.39, 0.29) is 35.7 Å². The van der Waals surface area contributed by atoms with Crippen molar-refractivity contribution in [3.8, 4) is 0 Å². The third kappa shape index (κ3) is 4.12. The first kappa shape index (κ1) is 18.6. The molecule has 1 aromatic rings. The van der Waals surface area contributed by atoms with Crippen molar-refractivity contribution in [2.24, 2.45) is 5.41 Å². The van der Waals surface area contributed by atoms with Crippen LogP contribution in [0.3, 0.4) is 0 Å². The highest BCUT2D eigenvalue weighted by molar-refractivity contribution is 5.94.